The van der Waals surface area contributed by atoms with E-state index in [0.717, 1.165) is 17.7 Å². The molecule has 8 nitrogen and oxygen atoms in total. The Morgan fingerprint density at radius 2 is 1.57 bits per heavy atom. The summed E-state index contributed by atoms with van der Waals surface area (Å²) >= 11 is 0. The van der Waals surface area contributed by atoms with Gasteiger partial charge in [-0.1, -0.05) is 36.4 Å². The first-order valence-electron chi connectivity index (χ1n) is 8.77. The maximum absolute atomic E-state index is 12.5. The minimum absolute atomic E-state index is 0.128. The van der Waals surface area contributed by atoms with Crippen molar-refractivity contribution >= 4 is 33.5 Å². The number of nitrogens with one attached hydrogen (secondary N) is 2. The summed E-state index contributed by atoms with van der Waals surface area (Å²) in [6.45, 7) is 1.83. The quantitative estimate of drug-likeness (QED) is 0.510. The molecule has 3 aromatic carbocycles. The number of para-hydroxylation sites is 1. The van der Waals surface area contributed by atoms with Crippen molar-refractivity contribution in [3.63, 3.8) is 0 Å². The van der Waals surface area contributed by atoms with Crippen LogP contribution in [0.1, 0.15) is 15.9 Å². The van der Waals surface area contributed by atoms with E-state index in [1.807, 2.05) is 19.1 Å². The van der Waals surface area contributed by atoms with E-state index in [9.17, 15) is 23.1 Å². The van der Waals surface area contributed by atoms with Crippen LogP contribution in [-0.2, 0) is 10.1 Å². The number of urea groups is 1. The largest absolute Gasteiger partial charge is 0.478 e. The van der Waals surface area contributed by atoms with Crippen LogP contribution in [0.15, 0.2) is 77.7 Å². The molecule has 0 aliphatic carbocycles. The van der Waals surface area contributed by atoms with Crippen molar-refractivity contribution in [3.8, 4) is 5.75 Å². The molecule has 0 saturated heterocycles. The number of carboxylic acid groups (broad SMARTS) is 1. The van der Waals surface area contributed by atoms with E-state index in [4.69, 9.17) is 4.18 Å². The fraction of sp³-hybridized carbons (Fsp3) is 0.0476. The number of benzene rings is 3. The molecule has 0 aromatic heterocycles. The van der Waals surface area contributed by atoms with Crippen molar-refractivity contribution in [1.29, 1.82) is 0 Å². The summed E-state index contributed by atoms with van der Waals surface area (Å²) in [5, 5.41) is 14.6. The molecule has 154 valence electrons. The van der Waals surface area contributed by atoms with E-state index in [-0.39, 0.29) is 16.1 Å². The topological polar surface area (TPSA) is 122 Å². The highest BCUT2D eigenvalue weighted by Crippen LogP contribution is 2.27. The summed E-state index contributed by atoms with van der Waals surface area (Å²) < 4.78 is 30.0. The van der Waals surface area contributed by atoms with Crippen LogP contribution < -0.4 is 14.8 Å². The summed E-state index contributed by atoms with van der Waals surface area (Å²) in [6, 6.07) is 17.5. The fourth-order valence-electron chi connectivity index (χ4n) is 2.60. The van der Waals surface area contributed by atoms with Gasteiger partial charge in [0.25, 0.3) is 0 Å². The molecule has 0 spiro atoms. The van der Waals surface area contributed by atoms with Crippen LogP contribution in [0.4, 0.5) is 16.2 Å². The Morgan fingerprint density at radius 1 is 0.900 bits per heavy atom. The number of carboxylic acids is 1. The molecule has 3 aromatic rings. The zero-order valence-corrected chi connectivity index (χ0v) is 16.6. The van der Waals surface area contributed by atoms with Gasteiger partial charge in [-0.3, -0.25) is 0 Å². The molecule has 30 heavy (non-hydrogen) atoms. The van der Waals surface area contributed by atoms with Gasteiger partial charge in [-0.25, -0.2) is 9.59 Å². The van der Waals surface area contributed by atoms with Gasteiger partial charge in [0.1, 0.15) is 10.5 Å². The van der Waals surface area contributed by atoms with Crippen LogP contribution in [0, 0.1) is 6.92 Å². The third-order valence-electron chi connectivity index (χ3n) is 4.09. The Hall–Kier alpha value is -3.85. The number of amides is 2. The summed E-state index contributed by atoms with van der Waals surface area (Å²) in [5.41, 5.74) is 1.25. The minimum atomic E-state index is -4.26. The molecule has 2 amide bonds. The molecular weight excluding hydrogens is 408 g/mol. The van der Waals surface area contributed by atoms with Gasteiger partial charge in [-0.05, 0) is 42.8 Å². The Balaban J connectivity index is 1.85. The first kappa shape index (κ1) is 20.9. The van der Waals surface area contributed by atoms with E-state index >= 15 is 0 Å². The van der Waals surface area contributed by atoms with Gasteiger partial charge in [0, 0.05) is 17.4 Å². The molecule has 0 fully saturated rings. The molecule has 0 bridgehead atoms. The number of rotatable bonds is 6. The Bertz CT molecular complexity index is 1190. The second-order valence-corrected chi connectivity index (χ2v) is 7.81. The SMILES string of the molecule is Cc1ccccc1NC(=O)Nc1ccc(C(=O)O)c(OS(=O)(=O)c2ccccc2)c1. The highest BCUT2D eigenvalue weighted by molar-refractivity contribution is 7.87. The number of carbonyl (C=O) groups is 2. The predicted molar refractivity (Wildman–Crippen MR) is 111 cm³/mol. The smallest absolute Gasteiger partial charge is 0.339 e. The maximum atomic E-state index is 12.5. The zero-order valence-electron chi connectivity index (χ0n) is 15.8. The number of hydrogen-bond acceptors (Lipinski definition) is 5. The molecule has 3 N–H and O–H groups in total. The molecule has 0 saturated carbocycles. The number of hydrogen-bond donors (Lipinski definition) is 3. The predicted octanol–water partition coefficient (Wildman–Crippen LogP) is 4.10. The summed E-state index contributed by atoms with van der Waals surface area (Å²) in [4.78, 5) is 23.6. The van der Waals surface area contributed by atoms with Crippen molar-refractivity contribution in [2.75, 3.05) is 10.6 Å². The van der Waals surface area contributed by atoms with Crippen LogP contribution >= 0.6 is 0 Å². The van der Waals surface area contributed by atoms with Gasteiger partial charge in [0.2, 0.25) is 0 Å². The van der Waals surface area contributed by atoms with Crippen LogP contribution in [0.2, 0.25) is 0 Å². The van der Waals surface area contributed by atoms with Crippen molar-refractivity contribution < 1.29 is 27.3 Å². The molecule has 0 aliphatic heterocycles. The maximum Gasteiger partial charge on any atom is 0.339 e. The number of carbonyl (C=O) groups excluding carboxylic acids is 1. The monoisotopic (exact) mass is 426 g/mol. The normalized spacial score (nSPS) is 10.8. The second-order valence-electron chi connectivity index (χ2n) is 6.26. The first-order chi connectivity index (χ1) is 14.3. The number of anilines is 2. The van der Waals surface area contributed by atoms with E-state index < -0.39 is 27.9 Å². The van der Waals surface area contributed by atoms with Gasteiger partial charge < -0.3 is 19.9 Å². The highest BCUT2D eigenvalue weighted by atomic mass is 32.2. The van der Waals surface area contributed by atoms with Crippen molar-refractivity contribution in [3.05, 3.63) is 83.9 Å². The lowest BCUT2D eigenvalue weighted by molar-refractivity contribution is 0.0695. The molecular formula is C21H18N2O6S. The van der Waals surface area contributed by atoms with E-state index in [0.29, 0.717) is 5.69 Å². The van der Waals surface area contributed by atoms with Crippen LogP contribution in [-0.4, -0.2) is 25.5 Å². The third kappa shape index (κ3) is 4.95. The van der Waals surface area contributed by atoms with Crippen molar-refractivity contribution in [2.45, 2.75) is 11.8 Å². The van der Waals surface area contributed by atoms with Crippen molar-refractivity contribution in [2.24, 2.45) is 0 Å². The molecule has 0 heterocycles. The van der Waals surface area contributed by atoms with Crippen LogP contribution in [0.25, 0.3) is 0 Å². The molecule has 0 aliphatic rings. The average molecular weight is 426 g/mol. The zero-order chi connectivity index (χ0) is 21.7. The lowest BCUT2D eigenvalue weighted by atomic mass is 10.2. The second kappa shape index (κ2) is 8.66. The summed E-state index contributed by atoms with van der Waals surface area (Å²) in [5.74, 6) is -1.79. The number of aromatic carboxylic acids is 1. The lowest BCUT2D eigenvalue weighted by Crippen LogP contribution is -2.20. The van der Waals surface area contributed by atoms with Crippen molar-refractivity contribution in [1.82, 2.24) is 0 Å². The van der Waals surface area contributed by atoms with Gasteiger partial charge in [0.15, 0.2) is 5.75 Å². The highest BCUT2D eigenvalue weighted by Gasteiger charge is 2.21. The van der Waals surface area contributed by atoms with Gasteiger partial charge in [-0.15, -0.1) is 0 Å². The van der Waals surface area contributed by atoms with Crippen LogP contribution in [0.3, 0.4) is 0 Å². The van der Waals surface area contributed by atoms with E-state index in [1.165, 1.54) is 30.3 Å². The van der Waals surface area contributed by atoms with E-state index in [1.54, 1.807) is 18.2 Å². The van der Waals surface area contributed by atoms with Gasteiger partial charge in [0.05, 0.1) is 0 Å². The molecule has 3 rings (SSSR count). The standard InChI is InChI=1S/C21H18N2O6S/c1-14-7-5-6-10-18(14)23-21(26)22-15-11-12-17(20(24)25)19(13-15)29-30(27,28)16-8-3-2-4-9-16/h2-13H,1H3,(H,24,25)(H2,22,23,26). The van der Waals surface area contributed by atoms with Crippen LogP contribution in [0.5, 0.6) is 5.75 Å². The minimum Gasteiger partial charge on any atom is -0.478 e. The summed E-state index contributed by atoms with van der Waals surface area (Å²) in [6.07, 6.45) is 0. The molecule has 0 radical (unpaired) electrons. The first-order valence-corrected chi connectivity index (χ1v) is 10.2. The number of aryl methyl sites for hydroxylation is 1. The summed E-state index contributed by atoms with van der Waals surface area (Å²) in [7, 11) is -4.26. The Labute approximate surface area is 173 Å². The van der Waals surface area contributed by atoms with Gasteiger partial charge in [-0.2, -0.15) is 8.42 Å². The third-order valence-corrected chi connectivity index (χ3v) is 5.34. The lowest BCUT2D eigenvalue weighted by Gasteiger charge is -2.13. The Morgan fingerprint density at radius 3 is 2.23 bits per heavy atom. The Kier molecular flexibility index (Phi) is 6.03. The molecule has 0 atom stereocenters. The average Bonchev–Trinajstić information content (AvgIpc) is 2.70. The molecule has 9 heteroatoms. The molecule has 0 unspecified atom stereocenters. The van der Waals surface area contributed by atoms with E-state index in [2.05, 4.69) is 10.6 Å². The van der Waals surface area contributed by atoms with Gasteiger partial charge >= 0.3 is 22.1 Å². The fourth-order valence-corrected chi connectivity index (χ4v) is 3.56.